The van der Waals surface area contributed by atoms with Crippen molar-refractivity contribution in [1.29, 1.82) is 0 Å². The van der Waals surface area contributed by atoms with E-state index in [-0.39, 0.29) is 18.1 Å². The molecule has 24 heavy (non-hydrogen) atoms. The van der Waals surface area contributed by atoms with Crippen molar-refractivity contribution in [2.24, 2.45) is 0 Å². The van der Waals surface area contributed by atoms with Crippen LogP contribution in [0.25, 0.3) is 0 Å². The van der Waals surface area contributed by atoms with Gasteiger partial charge in [-0.25, -0.2) is 13.6 Å². The molecule has 0 radical (unpaired) electrons. The number of likely N-dealkylation sites (N-methyl/N-ethyl adjacent to an activating group) is 1. The van der Waals surface area contributed by atoms with Crippen LogP contribution in [0.5, 0.6) is 0 Å². The highest BCUT2D eigenvalue weighted by Crippen LogP contribution is 2.31. The number of amides is 2. The molecule has 0 aliphatic carbocycles. The molecular weight excluding hydrogens is 316 g/mol. The molecule has 3 atom stereocenters. The van der Waals surface area contributed by atoms with Crippen LogP contribution in [0.2, 0.25) is 0 Å². The third kappa shape index (κ3) is 4.64. The van der Waals surface area contributed by atoms with Crippen LogP contribution in [0.4, 0.5) is 13.6 Å². The van der Waals surface area contributed by atoms with Gasteiger partial charge in [0.05, 0.1) is 18.2 Å². The summed E-state index contributed by atoms with van der Waals surface area (Å²) in [4.78, 5) is 14.0. The number of rotatable bonds is 6. The minimum absolute atomic E-state index is 0.184. The van der Waals surface area contributed by atoms with Crippen LogP contribution in [0.3, 0.4) is 0 Å². The van der Waals surface area contributed by atoms with Gasteiger partial charge in [-0.1, -0.05) is 13.0 Å². The predicted molar refractivity (Wildman–Crippen MR) is 87.6 cm³/mol. The smallest absolute Gasteiger partial charge is 0.315 e. The Hall–Kier alpha value is -1.73. The zero-order chi connectivity index (χ0) is 17.7. The molecule has 2 rings (SSSR count). The van der Waals surface area contributed by atoms with Gasteiger partial charge in [-0.15, -0.1) is 0 Å². The maximum absolute atomic E-state index is 13.5. The van der Waals surface area contributed by atoms with Gasteiger partial charge in [0.1, 0.15) is 0 Å². The number of likely N-dealkylation sites (tertiary alicyclic amines) is 1. The maximum atomic E-state index is 13.5. The quantitative estimate of drug-likeness (QED) is 0.743. The van der Waals surface area contributed by atoms with Gasteiger partial charge in [0.15, 0.2) is 11.6 Å². The number of aliphatic hydroxyl groups is 1. The van der Waals surface area contributed by atoms with Crippen LogP contribution < -0.4 is 10.6 Å². The molecule has 1 aliphatic heterocycles. The van der Waals surface area contributed by atoms with Crippen molar-refractivity contribution in [1.82, 2.24) is 15.5 Å². The first-order valence-electron chi connectivity index (χ1n) is 8.30. The first-order valence-corrected chi connectivity index (χ1v) is 8.30. The molecule has 5 nitrogen and oxygen atoms in total. The van der Waals surface area contributed by atoms with Crippen LogP contribution in [-0.4, -0.2) is 48.3 Å². The monoisotopic (exact) mass is 341 g/mol. The van der Waals surface area contributed by atoms with E-state index < -0.39 is 17.7 Å². The lowest BCUT2D eigenvalue weighted by molar-refractivity contribution is 0.159. The van der Waals surface area contributed by atoms with Crippen molar-refractivity contribution in [3.63, 3.8) is 0 Å². The summed E-state index contributed by atoms with van der Waals surface area (Å²) >= 11 is 0. The number of carbonyl (C=O) groups excluding carboxylic acids is 1. The molecule has 0 aromatic heterocycles. The molecule has 0 bridgehead atoms. The summed E-state index contributed by atoms with van der Waals surface area (Å²) in [7, 11) is 1.89. The zero-order valence-corrected chi connectivity index (χ0v) is 14.1. The molecule has 2 amide bonds. The lowest BCUT2D eigenvalue weighted by Gasteiger charge is -2.26. The van der Waals surface area contributed by atoms with E-state index in [9.17, 15) is 18.7 Å². The highest BCUT2D eigenvalue weighted by atomic mass is 19.2. The van der Waals surface area contributed by atoms with Crippen molar-refractivity contribution < 1.29 is 18.7 Å². The molecule has 3 N–H and O–H groups in total. The van der Waals surface area contributed by atoms with E-state index in [1.165, 1.54) is 6.07 Å². The van der Waals surface area contributed by atoms with Gasteiger partial charge in [-0.05, 0) is 44.0 Å². The largest absolute Gasteiger partial charge is 0.393 e. The van der Waals surface area contributed by atoms with E-state index in [1.54, 1.807) is 6.07 Å². The molecule has 7 heteroatoms. The molecule has 1 aliphatic rings. The fraction of sp³-hybridized carbons (Fsp3) is 0.588. The van der Waals surface area contributed by atoms with Crippen molar-refractivity contribution in [3.8, 4) is 0 Å². The van der Waals surface area contributed by atoms with Gasteiger partial charge in [0.2, 0.25) is 0 Å². The van der Waals surface area contributed by atoms with Crippen molar-refractivity contribution in [2.75, 3.05) is 20.1 Å². The Kier molecular flexibility index (Phi) is 6.51. The number of hydrogen-bond acceptors (Lipinski definition) is 3. The highest BCUT2D eigenvalue weighted by Gasteiger charge is 2.34. The van der Waals surface area contributed by atoms with E-state index in [0.29, 0.717) is 24.9 Å². The molecular formula is C17H25F2N3O2. The average molecular weight is 341 g/mol. The van der Waals surface area contributed by atoms with Gasteiger partial charge < -0.3 is 15.7 Å². The second-order valence-electron chi connectivity index (χ2n) is 6.25. The number of aliphatic hydroxyl groups excluding tert-OH is 1. The number of nitrogens with one attached hydrogen (secondary N) is 2. The Balaban J connectivity index is 1.96. The molecule has 1 aromatic carbocycles. The Morgan fingerprint density at radius 2 is 2.17 bits per heavy atom. The summed E-state index contributed by atoms with van der Waals surface area (Å²) in [6.07, 6.45) is 1.46. The van der Waals surface area contributed by atoms with Gasteiger partial charge in [-0.2, -0.15) is 0 Å². The fourth-order valence-corrected chi connectivity index (χ4v) is 3.06. The van der Waals surface area contributed by atoms with Crippen LogP contribution in [0.1, 0.15) is 37.8 Å². The van der Waals surface area contributed by atoms with E-state index in [4.69, 9.17) is 0 Å². The van der Waals surface area contributed by atoms with Gasteiger partial charge in [0, 0.05) is 13.1 Å². The first kappa shape index (κ1) is 18.6. The Labute approximate surface area is 141 Å². The van der Waals surface area contributed by atoms with Crippen molar-refractivity contribution in [2.45, 2.75) is 44.4 Å². The second kappa shape index (κ2) is 8.39. The molecule has 0 spiro atoms. The van der Waals surface area contributed by atoms with Crippen molar-refractivity contribution in [3.05, 3.63) is 35.4 Å². The van der Waals surface area contributed by atoms with Crippen LogP contribution in [0.15, 0.2) is 18.2 Å². The van der Waals surface area contributed by atoms with E-state index in [0.717, 1.165) is 19.0 Å². The minimum Gasteiger partial charge on any atom is -0.393 e. The molecule has 0 unspecified atom stereocenters. The summed E-state index contributed by atoms with van der Waals surface area (Å²) in [5, 5.41) is 15.1. The summed E-state index contributed by atoms with van der Waals surface area (Å²) in [5.41, 5.74) is 0.639. The van der Waals surface area contributed by atoms with Crippen molar-refractivity contribution >= 4 is 6.03 Å². The van der Waals surface area contributed by atoms with Crippen LogP contribution in [-0.2, 0) is 0 Å². The molecule has 1 saturated heterocycles. The topological polar surface area (TPSA) is 64.6 Å². The molecule has 1 aromatic rings. The summed E-state index contributed by atoms with van der Waals surface area (Å²) < 4.78 is 26.6. The van der Waals surface area contributed by atoms with Gasteiger partial charge in [0.25, 0.3) is 0 Å². The van der Waals surface area contributed by atoms with E-state index in [2.05, 4.69) is 10.6 Å². The number of carbonyl (C=O) groups is 1. The zero-order valence-electron chi connectivity index (χ0n) is 14.1. The SMILES string of the molecule is CC[C@H](O)CCNC(=O)N[C@H]1CCN(C)[C@H]1c1ccc(F)c(F)c1. The Morgan fingerprint density at radius 1 is 1.42 bits per heavy atom. The average Bonchev–Trinajstić information content (AvgIpc) is 2.90. The number of urea groups is 1. The maximum Gasteiger partial charge on any atom is 0.315 e. The van der Waals surface area contributed by atoms with E-state index >= 15 is 0 Å². The fourth-order valence-electron chi connectivity index (χ4n) is 3.06. The summed E-state index contributed by atoms with van der Waals surface area (Å²) in [5.74, 6) is -1.76. The number of nitrogens with zero attached hydrogens (tertiary/aromatic N) is 1. The lowest BCUT2D eigenvalue weighted by atomic mass is 10.00. The first-order chi connectivity index (χ1) is 11.4. The Bertz CT molecular complexity index is 571. The summed E-state index contributed by atoms with van der Waals surface area (Å²) in [6, 6.07) is 3.15. The third-order valence-corrected chi connectivity index (χ3v) is 4.48. The highest BCUT2D eigenvalue weighted by molar-refractivity contribution is 5.74. The van der Waals surface area contributed by atoms with Gasteiger partial charge in [-0.3, -0.25) is 4.90 Å². The van der Waals surface area contributed by atoms with Gasteiger partial charge >= 0.3 is 6.03 Å². The standard InChI is InChI=1S/C17H25F2N3O2/c1-3-12(23)6-8-20-17(24)21-15-7-9-22(2)16(15)11-4-5-13(18)14(19)10-11/h4-5,10,12,15-16,23H,3,6-9H2,1-2H3,(H2,20,21,24)/t12-,15-,16-/m0/s1. The third-order valence-electron chi connectivity index (χ3n) is 4.48. The minimum atomic E-state index is -0.885. The molecule has 134 valence electrons. The molecule has 1 fully saturated rings. The van der Waals surface area contributed by atoms with E-state index in [1.807, 2.05) is 18.9 Å². The molecule has 1 heterocycles. The Morgan fingerprint density at radius 3 is 2.83 bits per heavy atom. The molecule has 0 saturated carbocycles. The lowest BCUT2D eigenvalue weighted by Crippen LogP contribution is -2.45. The van der Waals surface area contributed by atoms with Crippen LogP contribution >= 0.6 is 0 Å². The second-order valence-corrected chi connectivity index (χ2v) is 6.25. The normalized spacial score (nSPS) is 22.4. The van der Waals surface area contributed by atoms with Crippen LogP contribution in [0, 0.1) is 11.6 Å². The number of hydrogen-bond donors (Lipinski definition) is 3. The number of benzene rings is 1. The summed E-state index contributed by atoms with van der Waals surface area (Å²) in [6.45, 7) is 3.02. The predicted octanol–water partition coefficient (Wildman–Crippen LogP) is 2.17. The number of halogens is 2.